The average Bonchev–Trinajstić information content (AvgIpc) is 3.70. The third-order valence-electron chi connectivity index (χ3n) is 8.75. The van der Waals surface area contributed by atoms with Gasteiger partial charge >= 0.3 is 0 Å². The van der Waals surface area contributed by atoms with Crippen LogP contribution >= 0.6 is 0 Å². The molecule has 0 atom stereocenters. The van der Waals surface area contributed by atoms with E-state index >= 15 is 0 Å². The maximum Gasteiger partial charge on any atom is 0.226 e. The highest BCUT2D eigenvalue weighted by atomic mass is 16.1. The van der Waals surface area contributed by atoms with Crippen molar-refractivity contribution in [3.63, 3.8) is 0 Å². The van der Waals surface area contributed by atoms with Crippen molar-refractivity contribution in [2.24, 2.45) is 11.1 Å². The van der Waals surface area contributed by atoms with Crippen molar-refractivity contribution in [3.05, 3.63) is 108 Å². The van der Waals surface area contributed by atoms with Crippen molar-refractivity contribution >= 4 is 5.91 Å². The first-order valence-electron chi connectivity index (χ1n) is 11.6. The molecule has 3 aromatic rings. The van der Waals surface area contributed by atoms with E-state index in [9.17, 15) is 4.79 Å². The summed E-state index contributed by atoms with van der Waals surface area (Å²) in [5.74, 6) is -0.100. The van der Waals surface area contributed by atoms with Gasteiger partial charge in [-0.25, -0.2) is 0 Å². The zero-order chi connectivity index (χ0) is 21.2. The van der Waals surface area contributed by atoms with Crippen LogP contribution < -0.4 is 5.73 Å². The highest BCUT2D eigenvalue weighted by molar-refractivity contribution is 5.90. The van der Waals surface area contributed by atoms with Crippen LogP contribution in [0.5, 0.6) is 0 Å². The summed E-state index contributed by atoms with van der Waals surface area (Å²) < 4.78 is 0. The van der Waals surface area contributed by atoms with Crippen molar-refractivity contribution in [1.82, 2.24) is 0 Å². The van der Waals surface area contributed by atoms with Gasteiger partial charge in [0.1, 0.15) is 0 Å². The number of hydrogen-bond donors (Lipinski definition) is 1. The first-order valence-corrected chi connectivity index (χ1v) is 11.6. The van der Waals surface area contributed by atoms with E-state index in [2.05, 4.69) is 91.0 Å². The maximum atomic E-state index is 14.0. The molecule has 3 saturated carbocycles. The van der Waals surface area contributed by atoms with Crippen molar-refractivity contribution in [2.45, 2.75) is 54.8 Å². The van der Waals surface area contributed by atoms with E-state index in [0.717, 1.165) is 38.5 Å². The summed E-state index contributed by atoms with van der Waals surface area (Å²) in [6.07, 6.45) is 6.19. The number of carbonyl (C=O) groups is 1. The Morgan fingerprint density at radius 3 is 1.00 bits per heavy atom. The Balaban J connectivity index is 1.67. The van der Waals surface area contributed by atoms with E-state index in [-0.39, 0.29) is 22.2 Å². The third-order valence-corrected chi connectivity index (χ3v) is 8.75. The summed E-state index contributed by atoms with van der Waals surface area (Å²) in [5, 5.41) is 0. The summed E-state index contributed by atoms with van der Waals surface area (Å²) in [5.41, 5.74) is 9.28. The lowest BCUT2D eigenvalue weighted by molar-refractivity contribution is -0.136. The van der Waals surface area contributed by atoms with Gasteiger partial charge in [-0.3, -0.25) is 4.79 Å². The third kappa shape index (κ3) is 2.26. The molecule has 156 valence electrons. The van der Waals surface area contributed by atoms with Gasteiger partial charge in [-0.15, -0.1) is 0 Å². The van der Waals surface area contributed by atoms with Crippen LogP contribution in [-0.4, -0.2) is 5.91 Å². The minimum atomic E-state index is -0.628. The van der Waals surface area contributed by atoms with E-state index < -0.39 is 5.41 Å². The van der Waals surface area contributed by atoms with Gasteiger partial charge in [0.2, 0.25) is 5.91 Å². The van der Waals surface area contributed by atoms with E-state index in [4.69, 9.17) is 5.73 Å². The molecule has 31 heavy (non-hydrogen) atoms. The van der Waals surface area contributed by atoms with Gasteiger partial charge in [-0.1, -0.05) is 91.0 Å². The highest BCUT2D eigenvalue weighted by Crippen LogP contribution is 2.82. The van der Waals surface area contributed by atoms with E-state index in [1.165, 1.54) is 16.7 Å². The Hall–Kier alpha value is -2.87. The van der Waals surface area contributed by atoms with Crippen LogP contribution in [-0.2, 0) is 21.0 Å². The number of benzene rings is 3. The summed E-state index contributed by atoms with van der Waals surface area (Å²) >= 11 is 0. The Labute approximate surface area is 184 Å². The number of nitrogens with two attached hydrogens (primary N) is 1. The molecule has 0 aliphatic heterocycles. The van der Waals surface area contributed by atoms with Crippen LogP contribution in [0.3, 0.4) is 0 Å². The molecule has 0 unspecified atom stereocenters. The average molecular weight is 408 g/mol. The first-order chi connectivity index (χ1) is 15.1. The molecule has 3 fully saturated rings. The smallest absolute Gasteiger partial charge is 0.226 e. The van der Waals surface area contributed by atoms with Gasteiger partial charge in [0.25, 0.3) is 0 Å². The fourth-order valence-electron chi connectivity index (χ4n) is 7.37. The van der Waals surface area contributed by atoms with Gasteiger partial charge in [0, 0.05) is 16.2 Å². The lowest BCUT2D eigenvalue weighted by atomic mass is 9.48. The van der Waals surface area contributed by atoms with Crippen molar-refractivity contribution in [3.8, 4) is 0 Å². The summed E-state index contributed by atoms with van der Waals surface area (Å²) in [7, 11) is 0. The molecule has 0 heterocycles. The normalized spacial score (nSPS) is 21.8. The Morgan fingerprint density at radius 2 is 0.806 bits per heavy atom. The number of rotatable bonds is 7. The molecular formula is C29H29NO. The fourth-order valence-corrected chi connectivity index (χ4v) is 7.37. The molecule has 3 aromatic carbocycles. The molecule has 2 nitrogen and oxygen atoms in total. The SMILES string of the molecule is NC(=O)C(C1(c2ccccc2)CC1)(C1(c2ccccc2)CC1)C1(c2ccccc2)CC1. The number of amides is 1. The predicted molar refractivity (Wildman–Crippen MR) is 124 cm³/mol. The molecule has 0 radical (unpaired) electrons. The molecule has 6 rings (SSSR count). The lowest BCUT2D eigenvalue weighted by Crippen LogP contribution is -2.61. The van der Waals surface area contributed by atoms with Crippen LogP contribution in [0, 0.1) is 5.41 Å². The molecular weight excluding hydrogens is 378 g/mol. The molecule has 2 N–H and O–H groups in total. The molecule has 3 aliphatic rings. The molecule has 0 saturated heterocycles. The van der Waals surface area contributed by atoms with Crippen LogP contribution in [0.1, 0.15) is 55.2 Å². The zero-order valence-corrected chi connectivity index (χ0v) is 17.9. The molecule has 2 heteroatoms. The largest absolute Gasteiger partial charge is 0.369 e. The topological polar surface area (TPSA) is 43.1 Å². The minimum Gasteiger partial charge on any atom is -0.369 e. The zero-order valence-electron chi connectivity index (χ0n) is 17.9. The van der Waals surface area contributed by atoms with Crippen LogP contribution in [0.25, 0.3) is 0 Å². The second-order valence-electron chi connectivity index (χ2n) is 9.96. The Kier molecular flexibility index (Phi) is 3.85. The van der Waals surface area contributed by atoms with Crippen molar-refractivity contribution < 1.29 is 4.79 Å². The molecule has 1 amide bonds. The number of hydrogen-bond acceptors (Lipinski definition) is 1. The van der Waals surface area contributed by atoms with Gasteiger partial charge in [-0.2, -0.15) is 0 Å². The molecule has 3 aliphatic carbocycles. The summed E-state index contributed by atoms with van der Waals surface area (Å²) in [4.78, 5) is 14.0. The Bertz CT molecular complexity index is 972. The molecule has 0 spiro atoms. The van der Waals surface area contributed by atoms with E-state index in [1.54, 1.807) is 0 Å². The van der Waals surface area contributed by atoms with Crippen LogP contribution in [0.15, 0.2) is 91.0 Å². The van der Waals surface area contributed by atoms with Gasteiger partial charge < -0.3 is 5.73 Å². The van der Waals surface area contributed by atoms with Crippen molar-refractivity contribution in [1.29, 1.82) is 0 Å². The standard InChI is InChI=1S/C29H29NO/c30-25(31)29(26(16-17-26)22-10-4-1-5-11-22,27(18-19-27)23-12-6-2-7-13-23)28(20-21-28)24-14-8-3-9-15-24/h1-15H,16-21H2,(H2,30,31). The van der Waals surface area contributed by atoms with E-state index in [1.807, 2.05) is 0 Å². The van der Waals surface area contributed by atoms with Crippen molar-refractivity contribution in [2.75, 3.05) is 0 Å². The first kappa shape index (κ1) is 18.9. The van der Waals surface area contributed by atoms with Crippen LogP contribution in [0.2, 0.25) is 0 Å². The molecule has 0 aromatic heterocycles. The van der Waals surface area contributed by atoms with Gasteiger partial charge in [0.15, 0.2) is 0 Å². The quantitative estimate of drug-likeness (QED) is 0.540. The second-order valence-corrected chi connectivity index (χ2v) is 9.96. The van der Waals surface area contributed by atoms with Gasteiger partial charge in [-0.05, 0) is 55.2 Å². The maximum absolute atomic E-state index is 14.0. The molecule has 0 bridgehead atoms. The highest BCUT2D eigenvalue weighted by Gasteiger charge is 2.84. The van der Waals surface area contributed by atoms with Gasteiger partial charge in [0.05, 0.1) is 5.41 Å². The Morgan fingerprint density at radius 1 is 0.548 bits per heavy atom. The minimum absolute atomic E-state index is 0.100. The summed E-state index contributed by atoms with van der Waals surface area (Å²) in [6, 6.07) is 32.3. The second kappa shape index (κ2) is 6.32. The van der Waals surface area contributed by atoms with Crippen LogP contribution in [0.4, 0.5) is 0 Å². The summed E-state index contributed by atoms with van der Waals surface area (Å²) in [6.45, 7) is 0. The number of carbonyl (C=O) groups excluding carboxylic acids is 1. The number of primary amides is 1. The fraction of sp³-hybridized carbons (Fsp3) is 0.345. The monoisotopic (exact) mass is 407 g/mol. The lowest BCUT2D eigenvalue weighted by Gasteiger charge is -2.52. The predicted octanol–water partition coefficient (Wildman–Crippen LogP) is 5.65. The van der Waals surface area contributed by atoms with E-state index in [0.29, 0.717) is 0 Å².